The highest BCUT2D eigenvalue weighted by molar-refractivity contribution is 5.84. The number of likely N-dealkylation sites (tertiary alicyclic amines) is 1. The molecule has 0 radical (unpaired) electrons. The minimum absolute atomic E-state index is 1.03. The van der Waals surface area contributed by atoms with Gasteiger partial charge in [0.2, 0.25) is 0 Å². The number of hydrogen-bond donors (Lipinski definition) is 0. The van der Waals surface area contributed by atoms with E-state index in [-0.39, 0.29) is 0 Å². The number of rotatable bonds is 2. The second kappa shape index (κ2) is 4.53. The minimum Gasteiger partial charge on any atom is -0.464 e. The van der Waals surface area contributed by atoms with Crippen LogP contribution in [0.5, 0.6) is 0 Å². The lowest BCUT2D eigenvalue weighted by Crippen LogP contribution is -2.28. The number of piperidine rings is 1. The van der Waals surface area contributed by atoms with Crippen molar-refractivity contribution in [2.45, 2.75) is 32.7 Å². The molecule has 90 valence electrons. The number of aryl methyl sites for hydroxylation is 1. The van der Waals surface area contributed by atoms with Crippen molar-refractivity contribution in [1.82, 2.24) is 4.90 Å². The zero-order valence-corrected chi connectivity index (χ0v) is 10.4. The summed E-state index contributed by atoms with van der Waals surface area (Å²) in [5, 5.41) is 1.32. The molecule has 0 N–H and O–H groups in total. The van der Waals surface area contributed by atoms with Gasteiger partial charge in [0.25, 0.3) is 0 Å². The topological polar surface area (TPSA) is 16.4 Å². The normalized spacial score (nSPS) is 17.7. The van der Waals surface area contributed by atoms with Crippen LogP contribution in [-0.4, -0.2) is 18.0 Å². The van der Waals surface area contributed by atoms with E-state index in [4.69, 9.17) is 4.42 Å². The lowest BCUT2D eigenvalue weighted by molar-refractivity contribution is 0.221. The van der Waals surface area contributed by atoms with E-state index >= 15 is 0 Å². The maximum absolute atomic E-state index is 5.64. The van der Waals surface area contributed by atoms with Gasteiger partial charge in [-0.2, -0.15) is 0 Å². The SMILES string of the molecule is Cc1cccc2occ(CN3CCCCC3)c12. The van der Waals surface area contributed by atoms with Crippen molar-refractivity contribution in [1.29, 1.82) is 0 Å². The van der Waals surface area contributed by atoms with E-state index in [1.165, 1.54) is 48.9 Å². The van der Waals surface area contributed by atoms with E-state index in [2.05, 4.69) is 30.0 Å². The fourth-order valence-corrected chi connectivity index (χ4v) is 2.82. The van der Waals surface area contributed by atoms with Crippen LogP contribution >= 0.6 is 0 Å². The first-order chi connectivity index (χ1) is 8.34. The molecule has 1 aliphatic heterocycles. The van der Waals surface area contributed by atoms with E-state index in [1.807, 2.05) is 6.26 Å². The van der Waals surface area contributed by atoms with Crippen LogP contribution < -0.4 is 0 Å². The van der Waals surface area contributed by atoms with E-state index in [9.17, 15) is 0 Å². The molecule has 2 nitrogen and oxygen atoms in total. The van der Waals surface area contributed by atoms with Gasteiger partial charge in [-0.3, -0.25) is 4.90 Å². The smallest absolute Gasteiger partial charge is 0.134 e. The molecule has 2 heteroatoms. The van der Waals surface area contributed by atoms with Crippen LogP contribution in [-0.2, 0) is 6.54 Å². The summed E-state index contributed by atoms with van der Waals surface area (Å²) in [6, 6.07) is 6.28. The molecule has 17 heavy (non-hydrogen) atoms. The number of benzene rings is 1. The van der Waals surface area contributed by atoms with Crippen LogP contribution in [0.15, 0.2) is 28.9 Å². The molecule has 0 amide bonds. The Morgan fingerprint density at radius 1 is 1.18 bits per heavy atom. The molecule has 0 unspecified atom stereocenters. The monoisotopic (exact) mass is 229 g/mol. The van der Waals surface area contributed by atoms with E-state index in [0.717, 1.165) is 12.1 Å². The molecule has 1 saturated heterocycles. The van der Waals surface area contributed by atoms with Crippen molar-refractivity contribution in [3.8, 4) is 0 Å². The van der Waals surface area contributed by atoms with Crippen molar-refractivity contribution < 1.29 is 4.42 Å². The number of furan rings is 1. The van der Waals surface area contributed by atoms with Crippen molar-refractivity contribution in [3.63, 3.8) is 0 Å². The van der Waals surface area contributed by atoms with Crippen molar-refractivity contribution in [3.05, 3.63) is 35.6 Å². The third-order valence-electron chi connectivity index (χ3n) is 3.73. The van der Waals surface area contributed by atoms with Gasteiger partial charge in [0.15, 0.2) is 0 Å². The third-order valence-corrected chi connectivity index (χ3v) is 3.73. The van der Waals surface area contributed by atoms with Crippen molar-refractivity contribution in [2.24, 2.45) is 0 Å². The lowest BCUT2D eigenvalue weighted by atomic mass is 10.1. The van der Waals surface area contributed by atoms with Gasteiger partial charge < -0.3 is 4.42 Å². The summed E-state index contributed by atoms with van der Waals surface area (Å²) < 4.78 is 5.64. The Morgan fingerprint density at radius 2 is 2.00 bits per heavy atom. The Balaban J connectivity index is 1.89. The summed E-state index contributed by atoms with van der Waals surface area (Å²) in [5.74, 6) is 0. The maximum Gasteiger partial charge on any atom is 0.134 e. The summed E-state index contributed by atoms with van der Waals surface area (Å²) in [4.78, 5) is 2.54. The molecule has 2 heterocycles. The van der Waals surface area contributed by atoms with Crippen LogP contribution in [0.1, 0.15) is 30.4 Å². The summed E-state index contributed by atoms with van der Waals surface area (Å²) in [6.07, 6.45) is 6.01. The number of fused-ring (bicyclic) bond motifs is 1. The standard InChI is InChI=1S/C15H19NO/c1-12-6-5-7-14-15(12)13(11-17-14)10-16-8-3-2-4-9-16/h5-7,11H,2-4,8-10H2,1H3. The molecule has 3 rings (SSSR count). The van der Waals surface area contributed by atoms with Crippen LogP contribution in [0.4, 0.5) is 0 Å². The maximum atomic E-state index is 5.64. The molecule has 1 aromatic carbocycles. The summed E-state index contributed by atoms with van der Waals surface area (Å²) in [5.41, 5.74) is 3.69. The Morgan fingerprint density at radius 3 is 2.82 bits per heavy atom. The van der Waals surface area contributed by atoms with Crippen molar-refractivity contribution in [2.75, 3.05) is 13.1 Å². The van der Waals surface area contributed by atoms with Gasteiger partial charge in [-0.25, -0.2) is 0 Å². The quantitative estimate of drug-likeness (QED) is 0.780. The van der Waals surface area contributed by atoms with Gasteiger partial charge in [0, 0.05) is 17.5 Å². The zero-order valence-electron chi connectivity index (χ0n) is 10.4. The molecule has 0 aliphatic carbocycles. The highest BCUT2D eigenvalue weighted by Gasteiger charge is 2.14. The summed E-state index contributed by atoms with van der Waals surface area (Å²) >= 11 is 0. The Bertz CT molecular complexity index is 509. The first-order valence-corrected chi connectivity index (χ1v) is 6.52. The van der Waals surface area contributed by atoms with Crippen LogP contribution in [0.2, 0.25) is 0 Å². The average Bonchev–Trinajstić information content (AvgIpc) is 2.75. The first kappa shape index (κ1) is 10.8. The van der Waals surface area contributed by atoms with Gasteiger partial charge in [-0.1, -0.05) is 18.6 Å². The first-order valence-electron chi connectivity index (χ1n) is 6.52. The van der Waals surface area contributed by atoms with Crippen molar-refractivity contribution >= 4 is 11.0 Å². The van der Waals surface area contributed by atoms with Gasteiger partial charge in [-0.15, -0.1) is 0 Å². The minimum atomic E-state index is 1.03. The summed E-state index contributed by atoms with van der Waals surface area (Å²) in [6.45, 7) is 5.67. The molecule has 0 bridgehead atoms. The Kier molecular flexibility index (Phi) is 2.89. The van der Waals surface area contributed by atoms with Gasteiger partial charge in [0.1, 0.15) is 5.58 Å². The van der Waals surface area contributed by atoms with E-state index < -0.39 is 0 Å². The molecule has 2 aromatic rings. The predicted molar refractivity (Wildman–Crippen MR) is 70.1 cm³/mol. The fourth-order valence-electron chi connectivity index (χ4n) is 2.82. The predicted octanol–water partition coefficient (Wildman–Crippen LogP) is 3.73. The molecule has 0 saturated carbocycles. The summed E-state index contributed by atoms with van der Waals surface area (Å²) in [7, 11) is 0. The second-order valence-electron chi connectivity index (χ2n) is 5.05. The second-order valence-corrected chi connectivity index (χ2v) is 5.05. The Hall–Kier alpha value is -1.28. The molecule has 1 aliphatic rings. The molecule has 1 aromatic heterocycles. The fraction of sp³-hybridized carbons (Fsp3) is 0.467. The largest absolute Gasteiger partial charge is 0.464 e. The van der Waals surface area contributed by atoms with Crippen LogP contribution in [0.3, 0.4) is 0 Å². The van der Waals surface area contributed by atoms with E-state index in [1.54, 1.807) is 0 Å². The average molecular weight is 229 g/mol. The molecular weight excluding hydrogens is 210 g/mol. The lowest BCUT2D eigenvalue weighted by Gasteiger charge is -2.25. The van der Waals surface area contributed by atoms with Gasteiger partial charge in [-0.05, 0) is 44.5 Å². The zero-order chi connectivity index (χ0) is 11.7. The molecular formula is C15H19NO. The van der Waals surface area contributed by atoms with E-state index in [0.29, 0.717) is 0 Å². The molecule has 0 spiro atoms. The number of hydrogen-bond acceptors (Lipinski definition) is 2. The van der Waals surface area contributed by atoms with Crippen LogP contribution in [0.25, 0.3) is 11.0 Å². The molecule has 1 fully saturated rings. The molecule has 0 atom stereocenters. The highest BCUT2D eigenvalue weighted by Crippen LogP contribution is 2.26. The third kappa shape index (κ3) is 2.09. The van der Waals surface area contributed by atoms with Crippen LogP contribution in [0, 0.1) is 6.92 Å². The highest BCUT2D eigenvalue weighted by atomic mass is 16.3. The number of nitrogens with zero attached hydrogens (tertiary/aromatic N) is 1. The van der Waals surface area contributed by atoms with Gasteiger partial charge in [0.05, 0.1) is 6.26 Å². The van der Waals surface area contributed by atoms with Gasteiger partial charge >= 0.3 is 0 Å². The Labute approximate surface area is 102 Å².